The minimum Gasteiger partial charge on any atom is -0.350 e. The van der Waals surface area contributed by atoms with Crippen LogP contribution in [0.15, 0.2) is 42.5 Å². The molecule has 8 heteroatoms. The molecule has 2 aromatic rings. The van der Waals surface area contributed by atoms with Crippen molar-refractivity contribution in [2.75, 3.05) is 12.0 Å². The Morgan fingerprint density at radius 2 is 1.75 bits per heavy atom. The molecule has 3 rings (SSSR count). The summed E-state index contributed by atoms with van der Waals surface area (Å²) >= 11 is 13.6. The van der Waals surface area contributed by atoms with Crippen molar-refractivity contribution in [3.63, 3.8) is 0 Å². The van der Waals surface area contributed by atoms with Crippen molar-refractivity contribution in [1.82, 2.24) is 10.2 Å². The summed E-state index contributed by atoms with van der Waals surface area (Å²) in [5.41, 5.74) is 1.36. The molecule has 0 saturated heterocycles. The zero-order chi connectivity index (χ0) is 20.3. The van der Waals surface area contributed by atoms with E-state index in [2.05, 4.69) is 5.32 Å². The molecule has 2 aromatic carbocycles. The number of carbonyl (C=O) groups excluding carboxylic acids is 3. The van der Waals surface area contributed by atoms with Gasteiger partial charge in [-0.05, 0) is 48.3 Å². The predicted molar refractivity (Wildman–Crippen MR) is 112 cm³/mol. The number of hydrogen-bond donors (Lipinski definition) is 1. The Labute approximate surface area is 177 Å². The first-order valence-electron chi connectivity index (χ1n) is 8.61. The summed E-state index contributed by atoms with van der Waals surface area (Å²) < 4.78 is 0. The first-order valence-corrected chi connectivity index (χ1v) is 10.8. The maximum atomic E-state index is 12.9. The van der Waals surface area contributed by atoms with Crippen molar-refractivity contribution >= 4 is 52.7 Å². The molecule has 0 aliphatic carbocycles. The Morgan fingerprint density at radius 1 is 1.11 bits per heavy atom. The van der Waals surface area contributed by atoms with E-state index in [-0.39, 0.29) is 6.54 Å². The lowest BCUT2D eigenvalue weighted by Gasteiger charge is -2.25. The van der Waals surface area contributed by atoms with Gasteiger partial charge in [0.15, 0.2) is 0 Å². The molecule has 0 spiro atoms. The van der Waals surface area contributed by atoms with Crippen LogP contribution in [0.4, 0.5) is 0 Å². The van der Waals surface area contributed by atoms with Gasteiger partial charge in [-0.15, -0.1) is 0 Å². The molecule has 0 bridgehead atoms. The van der Waals surface area contributed by atoms with E-state index in [1.54, 1.807) is 54.2 Å². The maximum absolute atomic E-state index is 12.9. The highest BCUT2D eigenvalue weighted by molar-refractivity contribution is 7.98. The van der Waals surface area contributed by atoms with E-state index in [0.29, 0.717) is 38.9 Å². The summed E-state index contributed by atoms with van der Waals surface area (Å²) in [6, 6.07) is 10.7. The van der Waals surface area contributed by atoms with Gasteiger partial charge < -0.3 is 5.32 Å². The van der Waals surface area contributed by atoms with Crippen LogP contribution in [0.3, 0.4) is 0 Å². The Kier molecular flexibility index (Phi) is 6.65. The number of rotatable bonds is 7. The normalized spacial score (nSPS) is 14.2. The molecule has 1 heterocycles. The number of imide groups is 1. The van der Waals surface area contributed by atoms with Gasteiger partial charge in [-0.2, -0.15) is 11.8 Å². The number of carbonyl (C=O) groups is 3. The van der Waals surface area contributed by atoms with Crippen LogP contribution < -0.4 is 5.32 Å². The number of nitrogens with zero attached hydrogens (tertiary/aromatic N) is 1. The van der Waals surface area contributed by atoms with E-state index in [1.807, 2.05) is 6.26 Å². The largest absolute Gasteiger partial charge is 0.350 e. The van der Waals surface area contributed by atoms with Gasteiger partial charge in [-0.3, -0.25) is 19.3 Å². The molecule has 0 saturated carbocycles. The van der Waals surface area contributed by atoms with E-state index >= 15 is 0 Å². The third kappa shape index (κ3) is 4.19. The molecule has 1 atom stereocenters. The highest BCUT2D eigenvalue weighted by Gasteiger charge is 2.42. The van der Waals surface area contributed by atoms with Gasteiger partial charge >= 0.3 is 0 Å². The number of halogens is 2. The second-order valence-electron chi connectivity index (χ2n) is 6.28. The van der Waals surface area contributed by atoms with E-state index in [9.17, 15) is 14.4 Å². The fourth-order valence-corrected chi connectivity index (χ4v) is 4.00. The molecule has 1 aliphatic rings. The third-order valence-corrected chi connectivity index (χ3v) is 5.73. The number of fused-ring (bicyclic) bond motifs is 1. The van der Waals surface area contributed by atoms with Gasteiger partial charge in [0.25, 0.3) is 11.8 Å². The van der Waals surface area contributed by atoms with Gasteiger partial charge in [0.1, 0.15) is 6.04 Å². The van der Waals surface area contributed by atoms with Crippen LogP contribution >= 0.6 is 35.0 Å². The number of nitrogens with one attached hydrogen (secondary N) is 1. The Bertz CT molecular complexity index is 900. The summed E-state index contributed by atoms with van der Waals surface area (Å²) in [6.07, 6.45) is 2.28. The van der Waals surface area contributed by atoms with Crippen molar-refractivity contribution in [1.29, 1.82) is 0 Å². The first-order chi connectivity index (χ1) is 13.4. The smallest absolute Gasteiger partial charge is 0.262 e. The minimum atomic E-state index is -0.883. The van der Waals surface area contributed by atoms with E-state index in [4.69, 9.17) is 23.2 Å². The van der Waals surface area contributed by atoms with Crippen molar-refractivity contribution in [3.05, 3.63) is 69.2 Å². The molecule has 0 fully saturated rings. The van der Waals surface area contributed by atoms with Crippen LogP contribution in [0.1, 0.15) is 32.7 Å². The van der Waals surface area contributed by atoms with Crippen LogP contribution in [0, 0.1) is 0 Å². The van der Waals surface area contributed by atoms with Crippen molar-refractivity contribution in [2.24, 2.45) is 0 Å². The molecule has 146 valence electrons. The van der Waals surface area contributed by atoms with Gasteiger partial charge in [0, 0.05) is 16.6 Å². The van der Waals surface area contributed by atoms with Gasteiger partial charge in [0.05, 0.1) is 11.1 Å². The lowest BCUT2D eigenvalue weighted by Crippen LogP contribution is -2.49. The van der Waals surface area contributed by atoms with Crippen LogP contribution in [0.5, 0.6) is 0 Å². The molecule has 0 aromatic heterocycles. The fourth-order valence-electron chi connectivity index (χ4n) is 3.06. The Hall–Kier alpha value is -2.02. The molecule has 28 heavy (non-hydrogen) atoms. The van der Waals surface area contributed by atoms with Gasteiger partial charge in [0.2, 0.25) is 5.91 Å². The second kappa shape index (κ2) is 8.99. The first kappa shape index (κ1) is 20.7. The van der Waals surface area contributed by atoms with E-state index in [1.165, 1.54) is 0 Å². The summed E-state index contributed by atoms with van der Waals surface area (Å²) in [6.45, 7) is 0.174. The average Bonchev–Trinajstić information content (AvgIpc) is 2.93. The zero-order valence-electron chi connectivity index (χ0n) is 15.1. The lowest BCUT2D eigenvalue weighted by molar-refractivity contribution is -0.125. The monoisotopic (exact) mass is 436 g/mol. The van der Waals surface area contributed by atoms with Gasteiger partial charge in [-0.1, -0.05) is 41.4 Å². The highest BCUT2D eigenvalue weighted by Crippen LogP contribution is 2.26. The van der Waals surface area contributed by atoms with Crippen molar-refractivity contribution in [3.8, 4) is 0 Å². The molecular weight excluding hydrogens is 419 g/mol. The number of thioether (sulfide) groups is 1. The van der Waals surface area contributed by atoms with E-state index in [0.717, 1.165) is 4.90 Å². The quantitative estimate of drug-likeness (QED) is 0.665. The zero-order valence-corrected chi connectivity index (χ0v) is 17.4. The maximum Gasteiger partial charge on any atom is 0.262 e. The number of benzene rings is 2. The highest BCUT2D eigenvalue weighted by atomic mass is 35.5. The summed E-state index contributed by atoms with van der Waals surface area (Å²) in [5, 5.41) is 3.73. The van der Waals surface area contributed by atoms with E-state index < -0.39 is 23.8 Å². The fraction of sp³-hybridized carbons (Fsp3) is 0.250. The van der Waals surface area contributed by atoms with Crippen LogP contribution in [-0.2, 0) is 11.3 Å². The van der Waals surface area contributed by atoms with Crippen LogP contribution in [0.2, 0.25) is 10.0 Å². The second-order valence-corrected chi connectivity index (χ2v) is 8.11. The molecule has 3 amide bonds. The SMILES string of the molecule is CSCC[C@H](C(=O)NCc1ccc(Cl)cc1Cl)N1C(=O)c2ccccc2C1=O. The topological polar surface area (TPSA) is 66.5 Å². The Morgan fingerprint density at radius 3 is 2.32 bits per heavy atom. The molecule has 0 radical (unpaired) electrons. The summed E-state index contributed by atoms with van der Waals surface area (Å²) in [7, 11) is 0. The van der Waals surface area contributed by atoms with Crippen molar-refractivity contribution < 1.29 is 14.4 Å². The van der Waals surface area contributed by atoms with Crippen molar-refractivity contribution in [2.45, 2.75) is 19.0 Å². The average molecular weight is 437 g/mol. The summed E-state index contributed by atoms with van der Waals surface area (Å²) in [5.74, 6) is -0.639. The van der Waals surface area contributed by atoms with Gasteiger partial charge in [-0.25, -0.2) is 0 Å². The minimum absolute atomic E-state index is 0.174. The van der Waals surface area contributed by atoms with Crippen LogP contribution in [-0.4, -0.2) is 40.7 Å². The predicted octanol–water partition coefficient (Wildman–Crippen LogP) is 4.03. The summed E-state index contributed by atoms with van der Waals surface area (Å²) in [4.78, 5) is 39.5. The molecule has 1 N–H and O–H groups in total. The molecule has 0 unspecified atom stereocenters. The Balaban J connectivity index is 1.79. The standard InChI is InChI=1S/C20H18Cl2N2O3S/c1-28-9-8-17(18(25)23-11-12-6-7-13(21)10-16(12)22)24-19(26)14-4-2-3-5-15(14)20(24)27/h2-7,10,17H,8-9,11H2,1H3,(H,23,25)/t17-/m1/s1. The number of hydrogen-bond acceptors (Lipinski definition) is 4. The third-order valence-electron chi connectivity index (χ3n) is 4.50. The molecule has 1 aliphatic heterocycles. The molecule has 5 nitrogen and oxygen atoms in total. The van der Waals surface area contributed by atoms with Crippen LogP contribution in [0.25, 0.3) is 0 Å². The lowest BCUT2D eigenvalue weighted by atomic mass is 10.1. The molecular formula is C20H18Cl2N2O3S. The number of amides is 3.